The summed E-state index contributed by atoms with van der Waals surface area (Å²) < 4.78 is 3.99. The van der Waals surface area contributed by atoms with Crippen LogP contribution in [0.3, 0.4) is 0 Å². The molecule has 10 heteroatoms. The van der Waals surface area contributed by atoms with Crippen molar-refractivity contribution in [2.24, 2.45) is 0 Å². The SMILES string of the molecule is Br.Br.CCCC[n+]1c(C=C(C)C(=O)[O-])c[nH]c1C=C(C)C(=O)[O-].CCCC[n+]1cc[nH]c1. The van der Waals surface area contributed by atoms with E-state index >= 15 is 0 Å². The molecule has 2 aromatic heterocycles. The highest BCUT2D eigenvalue weighted by Crippen LogP contribution is 2.07. The number of nitrogens with zero attached hydrogens (tertiary/aromatic N) is 2. The van der Waals surface area contributed by atoms with Gasteiger partial charge in [0.1, 0.15) is 18.6 Å². The Bertz CT molecular complexity index is 827. The molecular formula is C22H34Br2N4O4. The minimum atomic E-state index is -1.24. The van der Waals surface area contributed by atoms with E-state index in [4.69, 9.17) is 0 Å². The first-order valence-corrected chi connectivity index (χ1v) is 10.2. The molecule has 0 saturated carbocycles. The molecule has 0 atom stereocenters. The molecule has 0 saturated heterocycles. The zero-order valence-electron chi connectivity index (χ0n) is 19.1. The smallest absolute Gasteiger partial charge is 0.280 e. The number of carboxylic acids is 2. The average molecular weight is 578 g/mol. The van der Waals surface area contributed by atoms with Crippen LogP contribution in [0.25, 0.3) is 12.2 Å². The van der Waals surface area contributed by atoms with Crippen molar-refractivity contribution >= 4 is 58.1 Å². The molecule has 0 fully saturated rings. The number of halogens is 2. The highest BCUT2D eigenvalue weighted by atomic mass is 79.9. The molecule has 0 aliphatic rings. The molecule has 0 amide bonds. The molecule has 0 aromatic carbocycles. The Morgan fingerprint density at radius 3 is 2.03 bits per heavy atom. The molecule has 2 N–H and O–H groups in total. The van der Waals surface area contributed by atoms with Crippen LogP contribution in [0.2, 0.25) is 0 Å². The first kappa shape index (κ1) is 32.0. The number of aromatic amines is 2. The lowest BCUT2D eigenvalue weighted by atomic mass is 10.2. The van der Waals surface area contributed by atoms with E-state index in [1.165, 1.54) is 38.8 Å². The van der Waals surface area contributed by atoms with E-state index in [0.717, 1.165) is 19.4 Å². The van der Waals surface area contributed by atoms with E-state index in [1.807, 2.05) is 24.0 Å². The Morgan fingerprint density at radius 1 is 0.969 bits per heavy atom. The molecule has 0 radical (unpaired) electrons. The van der Waals surface area contributed by atoms with E-state index < -0.39 is 11.9 Å². The fraction of sp³-hybridized carbons (Fsp3) is 0.455. The van der Waals surface area contributed by atoms with Crippen LogP contribution in [0.5, 0.6) is 0 Å². The monoisotopic (exact) mass is 576 g/mol. The zero-order valence-corrected chi connectivity index (χ0v) is 22.5. The maximum Gasteiger partial charge on any atom is 0.280 e. The molecule has 0 spiro atoms. The predicted molar refractivity (Wildman–Crippen MR) is 130 cm³/mol. The molecular weight excluding hydrogens is 544 g/mol. The van der Waals surface area contributed by atoms with Crippen molar-refractivity contribution in [3.05, 3.63) is 47.6 Å². The maximum absolute atomic E-state index is 10.8. The number of hydrogen-bond donors (Lipinski definition) is 2. The highest BCUT2D eigenvalue weighted by Gasteiger charge is 2.15. The van der Waals surface area contributed by atoms with Crippen molar-refractivity contribution in [3.8, 4) is 0 Å². The summed E-state index contributed by atoms with van der Waals surface area (Å²) in [6, 6.07) is 0. The third-order valence-electron chi connectivity index (χ3n) is 4.44. The van der Waals surface area contributed by atoms with E-state index in [9.17, 15) is 19.8 Å². The lowest BCUT2D eigenvalue weighted by Gasteiger charge is -2.04. The molecule has 8 nitrogen and oxygen atoms in total. The number of H-pyrrole nitrogens is 2. The lowest BCUT2D eigenvalue weighted by Crippen LogP contribution is -2.38. The fourth-order valence-corrected chi connectivity index (χ4v) is 2.59. The molecule has 2 aromatic rings. The Morgan fingerprint density at radius 2 is 1.53 bits per heavy atom. The topological polar surface area (TPSA) is 120 Å². The molecule has 2 rings (SSSR count). The first-order chi connectivity index (χ1) is 14.3. The van der Waals surface area contributed by atoms with E-state index in [2.05, 4.69) is 27.7 Å². The van der Waals surface area contributed by atoms with Crippen LogP contribution < -0.4 is 19.3 Å². The van der Waals surface area contributed by atoms with Gasteiger partial charge in [-0.1, -0.05) is 26.7 Å². The van der Waals surface area contributed by atoms with Gasteiger partial charge < -0.3 is 19.8 Å². The van der Waals surface area contributed by atoms with Crippen molar-refractivity contribution < 1.29 is 28.9 Å². The van der Waals surface area contributed by atoms with Gasteiger partial charge in [-0.05, 0) is 43.9 Å². The maximum atomic E-state index is 10.8. The minimum absolute atomic E-state index is 0. The number of unbranched alkanes of at least 4 members (excludes halogenated alkanes) is 2. The Balaban J connectivity index is 0. The third kappa shape index (κ3) is 11.4. The summed E-state index contributed by atoms with van der Waals surface area (Å²) in [7, 11) is 0. The van der Waals surface area contributed by atoms with Crippen LogP contribution in [0, 0.1) is 0 Å². The summed E-state index contributed by atoms with van der Waals surface area (Å²) in [6.07, 6.45) is 14.9. The number of hydrogen-bond acceptors (Lipinski definition) is 4. The number of imidazole rings is 2. The standard InChI is InChI=1S/C15H20N2O4.C7H12N2.2BrH/c1-4-5-6-17-12(7-10(2)14(18)19)9-16-13(17)8-11(3)15(20)21;1-2-3-5-9-6-4-8-7-9;;/h7-9H,4-6H2,1-3H3,(H2,18,19,20,21);4,6-7H,2-3,5H2,1H3;2*1H. The number of aliphatic carboxylic acids is 2. The molecule has 0 unspecified atom stereocenters. The summed E-state index contributed by atoms with van der Waals surface area (Å²) in [5.74, 6) is -1.89. The molecule has 2 heterocycles. The van der Waals surface area contributed by atoms with Crippen molar-refractivity contribution in [2.45, 2.75) is 66.5 Å². The lowest BCUT2D eigenvalue weighted by molar-refractivity contribution is -0.699. The summed E-state index contributed by atoms with van der Waals surface area (Å²) >= 11 is 0. The van der Waals surface area contributed by atoms with Crippen molar-refractivity contribution in [1.82, 2.24) is 9.97 Å². The zero-order chi connectivity index (χ0) is 22.5. The second-order valence-electron chi connectivity index (χ2n) is 7.04. The normalized spacial score (nSPS) is 11.0. The first-order valence-electron chi connectivity index (χ1n) is 10.2. The average Bonchev–Trinajstić information content (AvgIpc) is 3.35. The molecule has 0 aliphatic heterocycles. The number of aryl methyl sites for hydroxylation is 1. The van der Waals surface area contributed by atoms with Gasteiger partial charge in [0.15, 0.2) is 5.69 Å². The van der Waals surface area contributed by atoms with E-state index in [1.54, 1.807) is 6.20 Å². The number of nitrogens with one attached hydrogen (secondary N) is 2. The summed E-state index contributed by atoms with van der Waals surface area (Å²) in [5, 5.41) is 21.6. The van der Waals surface area contributed by atoms with Gasteiger partial charge in [0, 0.05) is 6.08 Å². The van der Waals surface area contributed by atoms with Crippen LogP contribution in [-0.4, -0.2) is 21.9 Å². The Labute approximate surface area is 210 Å². The van der Waals surface area contributed by atoms with Crippen LogP contribution >= 0.6 is 34.0 Å². The quantitative estimate of drug-likeness (QED) is 0.329. The molecule has 32 heavy (non-hydrogen) atoms. The second-order valence-corrected chi connectivity index (χ2v) is 7.04. The van der Waals surface area contributed by atoms with Gasteiger partial charge in [0.25, 0.3) is 5.82 Å². The van der Waals surface area contributed by atoms with Crippen LogP contribution in [0.4, 0.5) is 0 Å². The van der Waals surface area contributed by atoms with Gasteiger partial charge in [0.2, 0.25) is 6.33 Å². The van der Waals surface area contributed by atoms with E-state index in [-0.39, 0.29) is 45.1 Å². The summed E-state index contributed by atoms with van der Waals surface area (Å²) in [6.45, 7) is 8.93. The number of aromatic nitrogens is 4. The van der Waals surface area contributed by atoms with Crippen molar-refractivity contribution in [2.75, 3.05) is 0 Å². The summed E-state index contributed by atoms with van der Waals surface area (Å²) in [4.78, 5) is 27.6. The molecule has 0 bridgehead atoms. The number of carboxylic acid groups (broad SMARTS) is 2. The van der Waals surface area contributed by atoms with Crippen molar-refractivity contribution in [1.29, 1.82) is 0 Å². The Kier molecular flexibility index (Phi) is 17.4. The predicted octanol–water partition coefficient (Wildman–Crippen LogP) is 1.67. The van der Waals surface area contributed by atoms with Crippen LogP contribution in [0.1, 0.15) is 64.9 Å². The number of rotatable bonds is 10. The van der Waals surface area contributed by atoms with Gasteiger partial charge in [-0.15, -0.1) is 34.0 Å². The Hall–Kier alpha value is -2.20. The molecule has 0 aliphatic carbocycles. The fourth-order valence-electron chi connectivity index (χ4n) is 2.59. The van der Waals surface area contributed by atoms with Crippen LogP contribution in [0.15, 0.2) is 36.1 Å². The third-order valence-corrected chi connectivity index (χ3v) is 4.44. The van der Waals surface area contributed by atoms with Gasteiger partial charge in [-0.2, -0.15) is 0 Å². The van der Waals surface area contributed by atoms with Gasteiger partial charge in [0.05, 0.1) is 25.0 Å². The summed E-state index contributed by atoms with van der Waals surface area (Å²) in [5.41, 5.74) is 0.850. The van der Waals surface area contributed by atoms with Crippen molar-refractivity contribution in [3.63, 3.8) is 0 Å². The van der Waals surface area contributed by atoms with Gasteiger partial charge in [-0.3, -0.25) is 4.98 Å². The number of carbonyl (C=O) groups is 2. The van der Waals surface area contributed by atoms with E-state index in [0.29, 0.717) is 18.1 Å². The van der Waals surface area contributed by atoms with Gasteiger partial charge >= 0.3 is 0 Å². The van der Waals surface area contributed by atoms with Gasteiger partial charge in [-0.25, -0.2) is 14.1 Å². The second kappa shape index (κ2) is 17.4. The largest absolute Gasteiger partial charge is 0.545 e. The van der Waals surface area contributed by atoms with Crippen LogP contribution in [-0.2, 0) is 22.7 Å². The minimum Gasteiger partial charge on any atom is -0.545 e. The molecule has 180 valence electrons. The number of carbonyl (C=O) groups excluding carboxylic acids is 2. The highest BCUT2D eigenvalue weighted by molar-refractivity contribution is 8.93.